The molecule has 0 bridgehead atoms. The van der Waals surface area contributed by atoms with Gasteiger partial charge < -0.3 is 75.5 Å². The minimum Gasteiger partial charge on any atom is -0.384 e. The minimum atomic E-state index is -3.62. The van der Waals surface area contributed by atoms with Crippen LogP contribution in [-0.2, 0) is 71.7 Å². The average Bonchev–Trinajstić information content (AvgIpc) is 0.709. The fourth-order valence-electron chi connectivity index (χ4n) is 12.5. The Morgan fingerprint density at radius 3 is 0.787 bits per heavy atom. The molecule has 0 aliphatic carbocycles. The van der Waals surface area contributed by atoms with Crippen molar-refractivity contribution in [2.45, 2.75) is 222 Å². The van der Waals surface area contributed by atoms with Gasteiger partial charge in [-0.25, -0.2) is 4.99 Å². The zero-order valence-corrected chi connectivity index (χ0v) is 54.7. The lowest BCUT2D eigenvalue weighted by Crippen LogP contribution is -2.85. The molecule has 3 rings (SSSR count). The first-order chi connectivity index (χ1) is 40.7. The third kappa shape index (κ3) is 13.2. The maximum Gasteiger partial charge on any atom is 0.196 e. The molecule has 18 atom stereocenters. The Bertz CT molecular complexity index is 2570. The zero-order valence-electron chi connectivity index (χ0n) is 51.5. The first kappa shape index (κ1) is 79.5. The molecule has 32 heteroatoms. The van der Waals surface area contributed by atoms with Crippen molar-refractivity contribution in [3.8, 4) is 0 Å². The molecule has 502 valence electrons. The van der Waals surface area contributed by atoms with Gasteiger partial charge in [-0.1, -0.05) is 0 Å². The summed E-state index contributed by atoms with van der Waals surface area (Å²) < 4.78 is 18.4. The Morgan fingerprint density at radius 2 is 0.618 bits per heavy atom. The Hall–Kier alpha value is -3.71. The molecule has 0 aromatic carbocycles. The number of ketones is 12. The van der Waals surface area contributed by atoms with Gasteiger partial charge in [0.2, 0.25) is 0 Å². The lowest BCUT2D eigenvalue weighted by atomic mass is 9.61. The first-order valence-electron chi connectivity index (χ1n) is 28.1. The van der Waals surface area contributed by atoms with Crippen molar-refractivity contribution in [1.82, 2.24) is 0 Å². The van der Waals surface area contributed by atoms with Crippen LogP contribution in [0.15, 0.2) is 4.99 Å². The third-order valence-corrected chi connectivity index (χ3v) is 23.2. The molecule has 3 fully saturated rings. The molecule has 28 nitrogen and oxygen atoms in total. The van der Waals surface area contributed by atoms with Crippen molar-refractivity contribution in [2.75, 3.05) is 46.2 Å². The van der Waals surface area contributed by atoms with E-state index in [0.29, 0.717) is 56.1 Å². The number of thioether (sulfide) groups is 3. The number of aliphatic imine (C=N–C) groups is 1. The highest BCUT2D eigenvalue weighted by Gasteiger charge is 2.81. The number of thiocarbonyl (C=S) groups is 1. The van der Waals surface area contributed by atoms with Crippen LogP contribution in [0.4, 0.5) is 0 Å². The summed E-state index contributed by atoms with van der Waals surface area (Å²) in [6, 6.07) is 0. The van der Waals surface area contributed by atoms with Gasteiger partial charge >= 0.3 is 0 Å². The van der Waals surface area contributed by atoms with Crippen LogP contribution in [0.25, 0.3) is 0 Å². The van der Waals surface area contributed by atoms with Crippen LogP contribution in [0, 0.1) is 5.41 Å². The van der Waals surface area contributed by atoms with Gasteiger partial charge in [-0.15, -0.1) is 35.3 Å². The highest BCUT2D eigenvalue weighted by molar-refractivity contribution is 8.01. The molecule has 0 amide bonds. The Morgan fingerprint density at radius 1 is 0.404 bits per heavy atom. The van der Waals surface area contributed by atoms with Gasteiger partial charge in [-0.3, -0.25) is 57.5 Å². The zero-order chi connectivity index (χ0) is 69.0. The second-order valence-corrected chi connectivity index (χ2v) is 27.8. The number of carbonyl (C=O) groups is 12. The number of isothiocyanates is 1. The number of nitrogens with zero attached hydrogens (tertiary/aromatic N) is 1. The summed E-state index contributed by atoms with van der Waals surface area (Å²) in [6.07, 6.45) is -8.41. The Balaban J connectivity index is 2.09. The van der Waals surface area contributed by atoms with E-state index in [9.17, 15) is 119 Å². The van der Waals surface area contributed by atoms with E-state index in [1.165, 1.54) is 0 Å². The SMILES string of the molecule is CC(=O)C(O)[C@@H]1S[C@H](CCCOCC(CN=C=S)(COCCC[C@H]2S[C@@H](C(O)C(C)=O)[C@](O)(C(C)=O)[C@@](O)(C(C)=O)[C@]2(O)C(C)=O)COCCC[C@H]2S[C@@H](C(O)C(C)=O)[C@](O)(C(C)=O)[C@@](O)(C(C)=O)[C@]2(O)C(C)=O)[C@](O)(C(C)=O)[C@](O)(C(C)=O)[C@@]1(O)C(C)=O. The van der Waals surface area contributed by atoms with Crippen molar-refractivity contribution < 1.29 is 133 Å². The third-order valence-electron chi connectivity index (χ3n) is 17.7. The number of rotatable bonds is 35. The average molecular weight is 1340 g/mol. The van der Waals surface area contributed by atoms with E-state index in [0.717, 1.165) is 62.3 Å². The van der Waals surface area contributed by atoms with Crippen molar-refractivity contribution in [2.24, 2.45) is 10.4 Å². The maximum absolute atomic E-state index is 13.4. The van der Waals surface area contributed by atoms with E-state index in [4.69, 9.17) is 26.4 Å². The highest BCUT2D eigenvalue weighted by atomic mass is 32.2. The van der Waals surface area contributed by atoms with Gasteiger partial charge in [0.05, 0.1) is 52.7 Å². The van der Waals surface area contributed by atoms with E-state index in [-0.39, 0.29) is 64.9 Å². The van der Waals surface area contributed by atoms with Gasteiger partial charge in [0.1, 0.15) is 18.3 Å². The maximum atomic E-state index is 13.4. The number of aliphatic hydroxyl groups excluding tert-OH is 3. The summed E-state index contributed by atoms with van der Waals surface area (Å²) in [5.41, 5.74) is -32.2. The fraction of sp³-hybridized carbons (Fsp3) is 0.772. The smallest absolute Gasteiger partial charge is 0.196 e. The van der Waals surface area contributed by atoms with Gasteiger partial charge in [0.15, 0.2) is 120 Å². The summed E-state index contributed by atoms with van der Waals surface area (Å²) in [6.45, 7) is 6.61. The summed E-state index contributed by atoms with van der Waals surface area (Å²) >= 11 is 6.10. The first-order valence-corrected chi connectivity index (χ1v) is 31.4. The molecular weight excluding hydrogens is 1260 g/mol. The highest BCUT2D eigenvalue weighted by Crippen LogP contribution is 2.58. The van der Waals surface area contributed by atoms with E-state index >= 15 is 0 Å². The molecule has 0 saturated carbocycles. The number of hydrogen-bond donors (Lipinski definition) is 12. The van der Waals surface area contributed by atoms with Crippen LogP contribution in [0.5, 0.6) is 0 Å². The molecule has 3 aliphatic rings. The number of carbonyl (C=O) groups excluding carboxylic acids is 12. The normalized spacial score (nSPS) is 36.2. The molecule has 3 unspecified atom stereocenters. The predicted molar refractivity (Wildman–Crippen MR) is 319 cm³/mol. The Kier molecular flexibility index (Phi) is 26.5. The summed E-state index contributed by atoms with van der Waals surface area (Å²) in [4.78, 5) is 162. The van der Waals surface area contributed by atoms with E-state index in [2.05, 4.69) is 10.2 Å². The van der Waals surface area contributed by atoms with Crippen LogP contribution in [0.1, 0.15) is 122 Å². The van der Waals surface area contributed by atoms with Gasteiger partial charge in [0.25, 0.3) is 0 Å². The van der Waals surface area contributed by atoms with E-state index in [1.54, 1.807) is 0 Å². The van der Waals surface area contributed by atoms with Crippen LogP contribution in [0.2, 0.25) is 0 Å². The summed E-state index contributed by atoms with van der Waals surface area (Å²) in [5.74, 6) is -15.4. The molecule has 0 aromatic rings. The molecule has 0 aromatic heterocycles. The van der Waals surface area contributed by atoms with Crippen molar-refractivity contribution in [3.05, 3.63) is 0 Å². The topological polar surface area (TPSA) is 488 Å². The van der Waals surface area contributed by atoms with E-state index in [1.807, 2.05) is 0 Å². The fourth-order valence-corrected chi connectivity index (χ4v) is 18.8. The van der Waals surface area contributed by atoms with Crippen LogP contribution >= 0.6 is 47.5 Å². The molecule has 3 heterocycles. The van der Waals surface area contributed by atoms with Crippen molar-refractivity contribution in [1.29, 1.82) is 0 Å². The lowest BCUT2D eigenvalue weighted by molar-refractivity contribution is -0.235. The minimum absolute atomic E-state index is 0.192. The molecule has 89 heavy (non-hydrogen) atoms. The quantitative estimate of drug-likeness (QED) is 0.0168. The molecule has 12 N–H and O–H groups in total. The Labute approximate surface area is 531 Å². The lowest BCUT2D eigenvalue weighted by Gasteiger charge is -2.58. The summed E-state index contributed by atoms with van der Waals surface area (Å²) in [5, 5.41) is 132. The second-order valence-electron chi connectivity index (χ2n) is 23.5. The van der Waals surface area contributed by atoms with E-state index < -0.39 is 195 Å². The number of aliphatic hydroxyl groups is 12. The molecular formula is C57H83NO27S4. The van der Waals surface area contributed by atoms with Crippen molar-refractivity contribution >= 4 is 122 Å². The van der Waals surface area contributed by atoms with Crippen LogP contribution in [0.3, 0.4) is 0 Å². The van der Waals surface area contributed by atoms with Crippen LogP contribution < -0.4 is 0 Å². The molecule has 3 aliphatic heterocycles. The number of ether oxygens (including phenoxy) is 3. The molecule has 0 radical (unpaired) electrons. The number of Topliss-reactive ketones (excluding diaryl/α,β-unsaturated/α-hetero) is 12. The van der Waals surface area contributed by atoms with Gasteiger partial charge in [0, 0.05) is 35.6 Å². The largest absolute Gasteiger partial charge is 0.384 e. The molecule has 0 spiro atoms. The van der Waals surface area contributed by atoms with Gasteiger partial charge in [-0.2, -0.15) is 0 Å². The monoisotopic (exact) mass is 1340 g/mol. The van der Waals surface area contributed by atoms with Crippen LogP contribution in [-0.4, -0.2) is 282 Å². The molecule has 3 saturated heterocycles. The summed E-state index contributed by atoms with van der Waals surface area (Å²) in [7, 11) is 0. The van der Waals surface area contributed by atoms with Gasteiger partial charge in [-0.05, 0) is 134 Å². The predicted octanol–water partition coefficient (Wildman–Crippen LogP) is -3.35. The van der Waals surface area contributed by atoms with Crippen molar-refractivity contribution in [3.63, 3.8) is 0 Å². The number of hydrogen-bond acceptors (Lipinski definition) is 32. The second kappa shape index (κ2) is 29.7. The standard InChI is InChI=1S/C57H83NO27S4/c1-27(59)42(71)45-52(77,33(7)65)55(80,36(10)68)49(74,30(4)62)39(87-45)16-13-19-83-23-48(22-58-26-86,24-84-20-14-17-40-50(75,31(5)63)56(81,37(11)69)53(78,34(8)66)46(88-40)43(72)28(2)60)25-85-21-15-18-41-51(76,32(6)64)57(82,38(12)70)54(79,35(9)67)47(89-41)44(73)29(3)61/h39-47,71-82H,13-25H2,1-12H3/t39-,40-,41-,42?,43?,44?,45+,46+,47+,48?,49-,50+,51+,52-,53-,54-,55-,56-,57-/m1/s1.